The molecule has 0 fully saturated rings. The van der Waals surface area contributed by atoms with Gasteiger partial charge in [0.2, 0.25) is 0 Å². The molecule has 0 N–H and O–H groups in total. The molecule has 0 aromatic heterocycles. The Morgan fingerprint density at radius 3 is 2.09 bits per heavy atom. The van der Waals surface area contributed by atoms with Gasteiger partial charge >= 0.3 is 12.5 Å². The van der Waals surface area contributed by atoms with E-state index in [2.05, 4.69) is 4.74 Å². The third-order valence-electron chi connectivity index (χ3n) is 2.88. The van der Waals surface area contributed by atoms with Gasteiger partial charge < -0.3 is 4.74 Å². The summed E-state index contributed by atoms with van der Waals surface area (Å²) in [5, 5.41) is 0. The first-order valence-electron chi connectivity index (χ1n) is 6.14. The minimum absolute atomic E-state index is 0.0731. The Bertz CT molecular complexity index is 752. The van der Waals surface area contributed by atoms with Crippen LogP contribution in [0.3, 0.4) is 0 Å². The van der Waals surface area contributed by atoms with Crippen molar-refractivity contribution in [1.29, 1.82) is 0 Å². The van der Waals surface area contributed by atoms with Gasteiger partial charge in [0.05, 0.1) is 5.56 Å². The standard InChI is InChI=1S/C16H8F6O/c1-2-10-6-7-12(9-14(10)15(17,18)19)11-4-3-5-13(8-11)23-16(20,21)22/h1,3-9H. The van der Waals surface area contributed by atoms with Crippen molar-refractivity contribution in [3.05, 3.63) is 53.6 Å². The molecule has 0 bridgehead atoms. The van der Waals surface area contributed by atoms with Crippen LogP contribution in [-0.4, -0.2) is 6.36 Å². The highest BCUT2D eigenvalue weighted by atomic mass is 19.4. The van der Waals surface area contributed by atoms with Crippen LogP contribution in [0.25, 0.3) is 11.1 Å². The maximum atomic E-state index is 13.0. The van der Waals surface area contributed by atoms with Gasteiger partial charge in [-0.05, 0) is 35.4 Å². The first kappa shape index (κ1) is 16.7. The van der Waals surface area contributed by atoms with E-state index in [-0.39, 0.29) is 16.7 Å². The molecule has 0 amide bonds. The number of benzene rings is 2. The molecule has 120 valence electrons. The van der Waals surface area contributed by atoms with E-state index in [1.807, 2.05) is 5.92 Å². The van der Waals surface area contributed by atoms with Crippen LogP contribution in [0.15, 0.2) is 42.5 Å². The molecule has 0 unspecified atom stereocenters. The first-order valence-corrected chi connectivity index (χ1v) is 6.14. The van der Waals surface area contributed by atoms with Gasteiger partial charge in [0.25, 0.3) is 0 Å². The highest BCUT2D eigenvalue weighted by Gasteiger charge is 2.34. The Labute approximate surface area is 127 Å². The molecule has 0 saturated heterocycles. The van der Waals surface area contributed by atoms with Crippen molar-refractivity contribution in [3.63, 3.8) is 0 Å². The monoisotopic (exact) mass is 330 g/mol. The van der Waals surface area contributed by atoms with Gasteiger partial charge in [-0.1, -0.05) is 24.1 Å². The van der Waals surface area contributed by atoms with Crippen LogP contribution in [0.4, 0.5) is 26.3 Å². The Kier molecular flexibility index (Phi) is 4.28. The molecule has 0 aliphatic heterocycles. The SMILES string of the molecule is C#Cc1ccc(-c2cccc(OC(F)(F)F)c2)cc1C(F)(F)F. The predicted molar refractivity (Wildman–Crippen MR) is 71.5 cm³/mol. The van der Waals surface area contributed by atoms with Crippen LogP contribution in [0.5, 0.6) is 5.75 Å². The third-order valence-corrected chi connectivity index (χ3v) is 2.88. The van der Waals surface area contributed by atoms with Gasteiger partial charge in [-0.15, -0.1) is 19.6 Å². The van der Waals surface area contributed by atoms with Gasteiger partial charge in [0, 0.05) is 5.56 Å². The van der Waals surface area contributed by atoms with E-state index in [9.17, 15) is 26.3 Å². The average molecular weight is 330 g/mol. The van der Waals surface area contributed by atoms with Gasteiger partial charge in [-0.3, -0.25) is 0 Å². The molecular weight excluding hydrogens is 322 g/mol. The van der Waals surface area contributed by atoms with Crippen molar-refractivity contribution in [3.8, 4) is 29.2 Å². The van der Waals surface area contributed by atoms with Gasteiger partial charge in [-0.2, -0.15) is 13.2 Å². The van der Waals surface area contributed by atoms with Crippen molar-refractivity contribution in [1.82, 2.24) is 0 Å². The summed E-state index contributed by atoms with van der Waals surface area (Å²) >= 11 is 0. The average Bonchev–Trinajstić information content (AvgIpc) is 2.44. The fourth-order valence-corrected chi connectivity index (χ4v) is 1.96. The van der Waals surface area contributed by atoms with E-state index >= 15 is 0 Å². The Hall–Kier alpha value is -2.62. The van der Waals surface area contributed by atoms with E-state index in [0.717, 1.165) is 24.3 Å². The first-order chi connectivity index (χ1) is 10.6. The smallest absolute Gasteiger partial charge is 0.406 e. The lowest BCUT2D eigenvalue weighted by molar-refractivity contribution is -0.274. The van der Waals surface area contributed by atoms with Crippen LogP contribution in [0.1, 0.15) is 11.1 Å². The summed E-state index contributed by atoms with van der Waals surface area (Å²) < 4.78 is 79.2. The molecule has 0 heterocycles. The van der Waals surface area contributed by atoms with Gasteiger partial charge in [0.1, 0.15) is 5.75 Å². The predicted octanol–water partition coefficient (Wildman–Crippen LogP) is 5.25. The molecule has 7 heteroatoms. The van der Waals surface area contributed by atoms with E-state index in [4.69, 9.17) is 6.42 Å². The summed E-state index contributed by atoms with van der Waals surface area (Å²) in [6.07, 6.45) is -4.52. The Morgan fingerprint density at radius 1 is 0.870 bits per heavy atom. The number of hydrogen-bond donors (Lipinski definition) is 0. The lowest BCUT2D eigenvalue weighted by Crippen LogP contribution is -2.17. The molecule has 2 aromatic carbocycles. The van der Waals surface area contributed by atoms with Crippen molar-refractivity contribution in [2.75, 3.05) is 0 Å². The number of halogens is 6. The number of alkyl halides is 6. The summed E-state index contributed by atoms with van der Waals surface area (Å²) in [6.45, 7) is 0. The molecule has 0 radical (unpaired) electrons. The quantitative estimate of drug-likeness (QED) is 0.540. The molecule has 0 aliphatic rings. The molecule has 0 saturated carbocycles. The minimum atomic E-state index is -4.89. The molecule has 23 heavy (non-hydrogen) atoms. The van der Waals surface area contributed by atoms with Crippen LogP contribution < -0.4 is 4.74 Å². The number of ether oxygens (including phenoxy) is 1. The Morgan fingerprint density at radius 2 is 1.52 bits per heavy atom. The highest BCUT2D eigenvalue weighted by Crippen LogP contribution is 2.35. The zero-order valence-electron chi connectivity index (χ0n) is 11.3. The zero-order valence-corrected chi connectivity index (χ0v) is 11.3. The van der Waals surface area contributed by atoms with Crippen molar-refractivity contribution < 1.29 is 31.1 Å². The largest absolute Gasteiger partial charge is 0.573 e. The third kappa shape index (κ3) is 4.19. The summed E-state index contributed by atoms with van der Waals surface area (Å²) in [5.41, 5.74) is -1.16. The van der Waals surface area contributed by atoms with Crippen LogP contribution in [0, 0.1) is 12.3 Å². The van der Waals surface area contributed by atoms with Crippen LogP contribution in [-0.2, 0) is 6.18 Å². The number of rotatable bonds is 2. The summed E-state index contributed by atoms with van der Waals surface area (Å²) in [6, 6.07) is 7.86. The number of hydrogen-bond acceptors (Lipinski definition) is 1. The van der Waals surface area contributed by atoms with E-state index in [0.29, 0.717) is 0 Å². The van der Waals surface area contributed by atoms with Crippen LogP contribution in [0.2, 0.25) is 0 Å². The normalized spacial score (nSPS) is 11.9. The molecule has 1 nitrogen and oxygen atoms in total. The molecule has 0 aliphatic carbocycles. The second-order valence-electron chi connectivity index (χ2n) is 4.48. The van der Waals surface area contributed by atoms with E-state index in [1.165, 1.54) is 18.2 Å². The number of terminal acetylenes is 1. The van der Waals surface area contributed by atoms with E-state index < -0.39 is 23.9 Å². The Balaban J connectivity index is 2.47. The zero-order chi connectivity index (χ0) is 17.3. The lowest BCUT2D eigenvalue weighted by atomic mass is 9.99. The fraction of sp³-hybridized carbons (Fsp3) is 0.125. The van der Waals surface area contributed by atoms with Crippen molar-refractivity contribution >= 4 is 0 Å². The minimum Gasteiger partial charge on any atom is -0.406 e. The topological polar surface area (TPSA) is 9.23 Å². The fourth-order valence-electron chi connectivity index (χ4n) is 1.96. The second-order valence-corrected chi connectivity index (χ2v) is 4.48. The summed E-state index contributed by atoms with van der Waals surface area (Å²) in [7, 11) is 0. The molecule has 2 rings (SSSR count). The highest BCUT2D eigenvalue weighted by molar-refractivity contribution is 5.67. The van der Waals surface area contributed by atoms with E-state index in [1.54, 1.807) is 0 Å². The molecule has 2 aromatic rings. The maximum Gasteiger partial charge on any atom is 0.573 e. The lowest BCUT2D eigenvalue weighted by Gasteiger charge is -2.13. The van der Waals surface area contributed by atoms with Gasteiger partial charge in [0.15, 0.2) is 0 Å². The second kappa shape index (κ2) is 5.88. The van der Waals surface area contributed by atoms with Crippen LogP contribution >= 0.6 is 0 Å². The maximum absolute atomic E-state index is 13.0. The molecule has 0 atom stereocenters. The van der Waals surface area contributed by atoms with Gasteiger partial charge in [-0.25, -0.2) is 0 Å². The summed E-state index contributed by atoms with van der Waals surface area (Å²) in [5.74, 6) is 1.41. The summed E-state index contributed by atoms with van der Waals surface area (Å²) in [4.78, 5) is 0. The molecular formula is C16H8F6O. The molecule has 0 spiro atoms. The van der Waals surface area contributed by atoms with Crippen molar-refractivity contribution in [2.45, 2.75) is 12.5 Å². The van der Waals surface area contributed by atoms with Crippen molar-refractivity contribution in [2.24, 2.45) is 0 Å².